The highest BCUT2D eigenvalue weighted by Gasteiger charge is 2.37. The van der Waals surface area contributed by atoms with Gasteiger partial charge in [-0.15, -0.1) is 0 Å². The quantitative estimate of drug-likeness (QED) is 0.664. The Kier molecular flexibility index (Phi) is 5.97. The molecule has 1 atom stereocenters. The molecule has 0 saturated carbocycles. The third-order valence-corrected chi connectivity index (χ3v) is 5.60. The Bertz CT molecular complexity index is 1090. The summed E-state index contributed by atoms with van der Waals surface area (Å²) < 4.78 is 31.2. The molecular formula is C21H24N4O3S. The fraction of sp³-hybridized carbons (Fsp3) is 0.238. The number of quaternary nitrogens is 1. The minimum Gasteiger partial charge on any atom is -0.744 e. The molecule has 0 amide bonds. The molecule has 0 radical (unpaired) electrons. The summed E-state index contributed by atoms with van der Waals surface area (Å²) in [6.07, 6.45) is 0. The summed E-state index contributed by atoms with van der Waals surface area (Å²) in [6.45, 7) is 12.1. The van der Waals surface area contributed by atoms with Crippen LogP contribution in [0, 0.1) is 6.92 Å². The number of nitrogens with one attached hydrogen (secondary N) is 1. The lowest BCUT2D eigenvalue weighted by molar-refractivity contribution is -0.785. The van der Waals surface area contributed by atoms with E-state index >= 15 is 0 Å². The summed E-state index contributed by atoms with van der Waals surface area (Å²) in [6, 6.07) is 13.8. The molecule has 2 aromatic carbocycles. The predicted molar refractivity (Wildman–Crippen MR) is 112 cm³/mol. The van der Waals surface area contributed by atoms with E-state index in [9.17, 15) is 13.0 Å². The molecule has 3 aromatic rings. The molecule has 1 aromatic heterocycles. The molecule has 0 aliphatic carbocycles. The van der Waals surface area contributed by atoms with Gasteiger partial charge in [0.05, 0.1) is 22.5 Å². The first-order valence-corrected chi connectivity index (χ1v) is 10.8. The first-order valence-electron chi connectivity index (χ1n) is 9.38. The number of aryl methyl sites for hydroxylation is 1. The second-order valence-electron chi connectivity index (χ2n) is 6.67. The molecule has 7 nitrogen and oxygen atoms in total. The summed E-state index contributed by atoms with van der Waals surface area (Å²) in [7, 11) is -4.27. The number of hydrogen-bond donors (Lipinski definition) is 1. The normalized spacial score (nSPS) is 15.8. The summed E-state index contributed by atoms with van der Waals surface area (Å²) in [5, 5.41) is 0. The number of para-hydroxylation sites is 2. The van der Waals surface area contributed by atoms with Gasteiger partial charge in [-0.2, -0.15) is 4.98 Å². The van der Waals surface area contributed by atoms with Crippen molar-refractivity contribution in [3.05, 3.63) is 66.5 Å². The predicted octanol–water partition coefficient (Wildman–Crippen LogP) is 2.38. The molecule has 29 heavy (non-hydrogen) atoms. The van der Waals surface area contributed by atoms with Gasteiger partial charge in [-0.1, -0.05) is 29.8 Å². The van der Waals surface area contributed by atoms with Crippen LogP contribution in [0.2, 0.25) is 0 Å². The van der Waals surface area contributed by atoms with Crippen molar-refractivity contribution in [3.63, 3.8) is 0 Å². The molecular weight excluding hydrogens is 388 g/mol. The minimum atomic E-state index is -4.27. The zero-order valence-corrected chi connectivity index (χ0v) is 17.5. The fourth-order valence-electron chi connectivity index (χ4n) is 3.23. The van der Waals surface area contributed by atoms with Gasteiger partial charge in [0, 0.05) is 6.54 Å². The monoisotopic (exact) mass is 412 g/mol. The first kappa shape index (κ1) is 20.9. The number of aromatic nitrogens is 2. The number of hydrogen-bond acceptors (Lipinski definition) is 6. The van der Waals surface area contributed by atoms with E-state index in [1.165, 1.54) is 17.0 Å². The zero-order chi connectivity index (χ0) is 21.2. The summed E-state index contributed by atoms with van der Waals surface area (Å²) in [5.74, 6) is 3.01. The van der Waals surface area contributed by atoms with Crippen LogP contribution in [0.3, 0.4) is 0 Å². The van der Waals surface area contributed by atoms with Gasteiger partial charge in [0.15, 0.2) is 0 Å². The Morgan fingerprint density at radius 1 is 1.03 bits per heavy atom. The Morgan fingerprint density at radius 2 is 1.62 bits per heavy atom. The van der Waals surface area contributed by atoms with Crippen LogP contribution in [0.4, 0.5) is 11.6 Å². The van der Waals surface area contributed by atoms with E-state index in [0.717, 1.165) is 47.1 Å². The lowest BCUT2D eigenvalue weighted by Crippen LogP contribution is -3.04. The van der Waals surface area contributed by atoms with Crippen molar-refractivity contribution < 1.29 is 17.9 Å². The van der Waals surface area contributed by atoms with Crippen LogP contribution < -0.4 is 9.80 Å². The molecule has 1 N–H and O–H groups in total. The zero-order valence-electron chi connectivity index (χ0n) is 16.7. The standard InChI is InChI=1S/C14H16N4.C7H8O3S/c1-4-17-10(3)18(5-2)14-13(17)15-11-8-6-7-9-12(11)16-14;1-6-2-4-7(5-3-6)11(8,9)10/h6-9H,3-5H2,1-2H3;2-5H,1H3,(H,8,9,10). The van der Waals surface area contributed by atoms with Crippen molar-refractivity contribution in [2.24, 2.45) is 0 Å². The molecule has 0 bridgehead atoms. The van der Waals surface area contributed by atoms with E-state index < -0.39 is 10.1 Å². The van der Waals surface area contributed by atoms with Crippen LogP contribution >= 0.6 is 0 Å². The van der Waals surface area contributed by atoms with E-state index in [4.69, 9.17) is 9.97 Å². The number of benzene rings is 2. The van der Waals surface area contributed by atoms with Gasteiger partial charge < -0.3 is 4.55 Å². The van der Waals surface area contributed by atoms with Crippen LogP contribution in [0.1, 0.15) is 19.4 Å². The summed E-state index contributed by atoms with van der Waals surface area (Å²) in [5.41, 5.74) is 2.82. The van der Waals surface area contributed by atoms with Gasteiger partial charge in [-0.3, -0.25) is 4.90 Å². The lowest BCUT2D eigenvalue weighted by atomic mass is 10.2. The van der Waals surface area contributed by atoms with Gasteiger partial charge in [-0.05, 0) is 51.6 Å². The van der Waals surface area contributed by atoms with Gasteiger partial charge >= 0.3 is 0 Å². The molecule has 0 fully saturated rings. The van der Waals surface area contributed by atoms with Crippen LogP contribution in [-0.4, -0.2) is 36.0 Å². The van der Waals surface area contributed by atoms with Gasteiger partial charge in [-0.25, -0.2) is 18.3 Å². The van der Waals surface area contributed by atoms with Crippen molar-refractivity contribution in [3.8, 4) is 0 Å². The lowest BCUT2D eigenvalue weighted by Gasteiger charge is -2.14. The molecule has 4 rings (SSSR count). The molecule has 0 saturated heterocycles. The maximum Gasteiger partial charge on any atom is 0.277 e. The van der Waals surface area contributed by atoms with Gasteiger partial charge in [0.25, 0.3) is 5.82 Å². The molecule has 2 heterocycles. The SMILES string of the molecule is C=C1N(CC)c2nc3ccccc3nc2[NH+]1CC.Cc1ccc(S(=O)(=O)[O-])cc1. The van der Waals surface area contributed by atoms with Crippen LogP contribution in [0.5, 0.6) is 0 Å². The summed E-state index contributed by atoms with van der Waals surface area (Å²) in [4.78, 5) is 12.7. The fourth-order valence-corrected chi connectivity index (χ4v) is 3.70. The number of fused-ring (bicyclic) bond motifs is 2. The molecule has 1 aliphatic rings. The van der Waals surface area contributed by atoms with Crippen LogP contribution in [0.25, 0.3) is 11.0 Å². The Morgan fingerprint density at radius 3 is 2.14 bits per heavy atom. The topological polar surface area (TPSA) is 90.7 Å². The van der Waals surface area contributed by atoms with Crippen molar-refractivity contribution in [2.45, 2.75) is 25.7 Å². The highest BCUT2D eigenvalue weighted by molar-refractivity contribution is 7.85. The van der Waals surface area contributed by atoms with Gasteiger partial charge in [0.1, 0.15) is 10.1 Å². The van der Waals surface area contributed by atoms with Crippen molar-refractivity contribution in [1.82, 2.24) is 9.97 Å². The highest BCUT2D eigenvalue weighted by Crippen LogP contribution is 2.28. The average Bonchev–Trinajstić information content (AvgIpc) is 2.95. The molecule has 152 valence electrons. The number of nitrogens with zero attached hydrogens (tertiary/aromatic N) is 3. The molecule has 1 unspecified atom stereocenters. The summed E-state index contributed by atoms with van der Waals surface area (Å²) >= 11 is 0. The first-order chi connectivity index (χ1) is 13.8. The third-order valence-electron chi connectivity index (χ3n) is 4.75. The highest BCUT2D eigenvalue weighted by atomic mass is 32.2. The van der Waals surface area contributed by atoms with E-state index in [1.807, 2.05) is 31.2 Å². The second kappa shape index (κ2) is 8.28. The Balaban J connectivity index is 0.000000188. The molecule has 8 heteroatoms. The largest absolute Gasteiger partial charge is 0.744 e. The Labute approximate surface area is 171 Å². The second-order valence-corrected chi connectivity index (χ2v) is 8.05. The Hall–Kier alpha value is -2.81. The molecule has 1 aliphatic heterocycles. The maximum atomic E-state index is 10.4. The molecule has 0 spiro atoms. The smallest absolute Gasteiger partial charge is 0.277 e. The maximum absolute atomic E-state index is 10.4. The van der Waals surface area contributed by atoms with Crippen molar-refractivity contribution in [1.29, 1.82) is 0 Å². The van der Waals surface area contributed by atoms with E-state index in [1.54, 1.807) is 12.1 Å². The van der Waals surface area contributed by atoms with E-state index in [-0.39, 0.29) is 4.90 Å². The van der Waals surface area contributed by atoms with E-state index in [0.29, 0.717) is 0 Å². The van der Waals surface area contributed by atoms with E-state index in [2.05, 4.69) is 25.3 Å². The minimum absolute atomic E-state index is 0.178. The number of rotatable bonds is 3. The third kappa shape index (κ3) is 4.29. The van der Waals surface area contributed by atoms with Crippen LogP contribution in [-0.2, 0) is 10.1 Å². The van der Waals surface area contributed by atoms with Crippen LogP contribution in [0.15, 0.2) is 65.8 Å². The number of anilines is 1. The van der Waals surface area contributed by atoms with Crippen molar-refractivity contribution in [2.75, 3.05) is 18.0 Å². The van der Waals surface area contributed by atoms with Crippen molar-refractivity contribution >= 4 is 32.8 Å². The average molecular weight is 413 g/mol. The van der Waals surface area contributed by atoms with Gasteiger partial charge in [0.2, 0.25) is 11.6 Å².